The van der Waals surface area contributed by atoms with Gasteiger partial charge in [-0.1, -0.05) is 11.8 Å². The molecule has 1 heterocycles. The van der Waals surface area contributed by atoms with Crippen LogP contribution < -0.4 is 5.73 Å². The molecule has 1 rings (SSSR count). The number of thioether (sulfide) groups is 1. The van der Waals surface area contributed by atoms with Crippen LogP contribution in [0, 0.1) is 11.3 Å². The lowest BCUT2D eigenvalue weighted by atomic mass is 10.5. The molecule has 5 nitrogen and oxygen atoms in total. The number of hydrogen-bond acceptors (Lipinski definition) is 5. The van der Waals surface area contributed by atoms with Gasteiger partial charge >= 0.3 is 0 Å². The van der Waals surface area contributed by atoms with Crippen molar-refractivity contribution in [1.29, 1.82) is 5.26 Å². The first-order chi connectivity index (χ1) is 5.65. The maximum Gasteiger partial charge on any atom is 0.222 e. The van der Waals surface area contributed by atoms with Gasteiger partial charge in [0, 0.05) is 7.05 Å². The van der Waals surface area contributed by atoms with Gasteiger partial charge in [0.15, 0.2) is 5.16 Å². The molecule has 0 spiro atoms. The monoisotopic (exact) mass is 183 g/mol. The maximum atomic E-state index is 8.53. The Morgan fingerprint density at radius 2 is 2.33 bits per heavy atom. The highest BCUT2D eigenvalue weighted by molar-refractivity contribution is 8.00. The van der Waals surface area contributed by atoms with Crippen LogP contribution in [0.15, 0.2) is 5.16 Å². The van der Waals surface area contributed by atoms with Crippen molar-refractivity contribution in [3.8, 4) is 6.07 Å². The Balaban J connectivity index is 2.77. The normalized spacial score (nSPS) is 12.4. The van der Waals surface area contributed by atoms with Gasteiger partial charge in [0.2, 0.25) is 5.95 Å². The summed E-state index contributed by atoms with van der Waals surface area (Å²) >= 11 is 1.34. The summed E-state index contributed by atoms with van der Waals surface area (Å²) in [7, 11) is 1.77. The Bertz CT molecular complexity index is 312. The summed E-state index contributed by atoms with van der Waals surface area (Å²) in [4.78, 5) is 0. The van der Waals surface area contributed by atoms with Crippen molar-refractivity contribution >= 4 is 17.7 Å². The number of anilines is 1. The second-order valence-corrected chi connectivity index (χ2v) is 3.60. The first-order valence-corrected chi connectivity index (χ1v) is 4.24. The zero-order valence-corrected chi connectivity index (χ0v) is 7.67. The Labute approximate surface area is 74.6 Å². The van der Waals surface area contributed by atoms with E-state index < -0.39 is 0 Å². The zero-order valence-electron chi connectivity index (χ0n) is 6.85. The molecule has 0 fully saturated rings. The van der Waals surface area contributed by atoms with Crippen LogP contribution in [0.25, 0.3) is 0 Å². The fourth-order valence-corrected chi connectivity index (χ4v) is 1.32. The molecule has 6 heteroatoms. The Hall–Kier alpha value is -1.22. The van der Waals surface area contributed by atoms with E-state index in [4.69, 9.17) is 11.0 Å². The SMILES string of the molecule is CC(C#N)Sc1nnc(N)n1C. The Morgan fingerprint density at radius 3 is 2.75 bits per heavy atom. The van der Waals surface area contributed by atoms with Crippen molar-refractivity contribution in [1.82, 2.24) is 14.8 Å². The highest BCUT2D eigenvalue weighted by atomic mass is 32.2. The zero-order chi connectivity index (χ0) is 9.14. The number of nitrogens with zero attached hydrogens (tertiary/aromatic N) is 4. The van der Waals surface area contributed by atoms with Crippen molar-refractivity contribution in [2.45, 2.75) is 17.3 Å². The molecular weight excluding hydrogens is 174 g/mol. The fourth-order valence-electron chi connectivity index (χ4n) is 0.613. The van der Waals surface area contributed by atoms with Gasteiger partial charge in [-0.25, -0.2) is 0 Å². The minimum atomic E-state index is -0.132. The van der Waals surface area contributed by atoms with E-state index >= 15 is 0 Å². The summed E-state index contributed by atoms with van der Waals surface area (Å²) in [5.41, 5.74) is 5.45. The van der Waals surface area contributed by atoms with E-state index in [2.05, 4.69) is 16.3 Å². The second-order valence-electron chi connectivity index (χ2n) is 2.29. The summed E-state index contributed by atoms with van der Waals surface area (Å²) in [6.07, 6.45) is 0. The van der Waals surface area contributed by atoms with E-state index in [0.717, 1.165) is 0 Å². The minimum absolute atomic E-state index is 0.132. The predicted octanol–water partition coefficient (Wildman–Crippen LogP) is 0.401. The number of aromatic nitrogens is 3. The smallest absolute Gasteiger partial charge is 0.222 e. The van der Waals surface area contributed by atoms with Crippen LogP contribution in [-0.4, -0.2) is 20.0 Å². The van der Waals surface area contributed by atoms with E-state index in [9.17, 15) is 0 Å². The van der Waals surface area contributed by atoms with Crippen LogP contribution in [0.4, 0.5) is 5.95 Å². The van der Waals surface area contributed by atoms with Gasteiger partial charge in [-0.15, -0.1) is 10.2 Å². The maximum absolute atomic E-state index is 8.53. The summed E-state index contributed by atoms with van der Waals surface area (Å²) in [6.45, 7) is 1.80. The lowest BCUT2D eigenvalue weighted by Gasteiger charge is -2.00. The van der Waals surface area contributed by atoms with Gasteiger partial charge in [0.05, 0.1) is 11.3 Å². The molecule has 12 heavy (non-hydrogen) atoms. The van der Waals surface area contributed by atoms with E-state index in [1.165, 1.54) is 11.8 Å². The topological polar surface area (TPSA) is 80.5 Å². The number of nitriles is 1. The van der Waals surface area contributed by atoms with Gasteiger partial charge in [-0.05, 0) is 6.92 Å². The average molecular weight is 183 g/mol. The quantitative estimate of drug-likeness (QED) is 0.671. The molecule has 2 N–H and O–H groups in total. The molecular formula is C6H9N5S. The van der Waals surface area contributed by atoms with Crippen LogP contribution in [0.5, 0.6) is 0 Å². The van der Waals surface area contributed by atoms with Gasteiger partial charge in [0.25, 0.3) is 0 Å². The molecule has 0 aromatic carbocycles. The third-order valence-corrected chi connectivity index (χ3v) is 2.36. The van der Waals surface area contributed by atoms with E-state index in [1.807, 2.05) is 0 Å². The molecule has 64 valence electrons. The third kappa shape index (κ3) is 1.68. The molecule has 0 aliphatic carbocycles. The van der Waals surface area contributed by atoms with Crippen molar-refractivity contribution in [3.63, 3.8) is 0 Å². The van der Waals surface area contributed by atoms with Crippen LogP contribution >= 0.6 is 11.8 Å². The molecule has 1 aromatic heterocycles. The number of rotatable bonds is 2. The number of nitrogen functional groups attached to an aromatic ring is 1. The summed E-state index contributed by atoms with van der Waals surface area (Å²) in [5.74, 6) is 0.364. The first-order valence-electron chi connectivity index (χ1n) is 3.36. The Kier molecular flexibility index (Phi) is 2.55. The molecule has 1 unspecified atom stereocenters. The van der Waals surface area contributed by atoms with Crippen molar-refractivity contribution < 1.29 is 0 Å². The highest BCUT2D eigenvalue weighted by Crippen LogP contribution is 2.20. The molecule has 0 aliphatic rings. The molecule has 1 aromatic rings. The summed E-state index contributed by atoms with van der Waals surface area (Å²) < 4.78 is 1.65. The largest absolute Gasteiger partial charge is 0.368 e. The molecule has 0 amide bonds. The molecule has 0 radical (unpaired) electrons. The molecule has 1 atom stereocenters. The van der Waals surface area contributed by atoms with Crippen molar-refractivity contribution in [2.24, 2.45) is 7.05 Å². The minimum Gasteiger partial charge on any atom is -0.368 e. The number of hydrogen-bond donors (Lipinski definition) is 1. The lowest BCUT2D eigenvalue weighted by molar-refractivity contribution is 0.794. The summed E-state index contributed by atoms with van der Waals surface area (Å²) in [5, 5.41) is 16.5. The average Bonchev–Trinajstić information content (AvgIpc) is 2.36. The van der Waals surface area contributed by atoms with Crippen LogP contribution in [-0.2, 0) is 7.05 Å². The van der Waals surface area contributed by atoms with E-state index in [-0.39, 0.29) is 5.25 Å². The van der Waals surface area contributed by atoms with Crippen LogP contribution in [0.1, 0.15) is 6.92 Å². The fraction of sp³-hybridized carbons (Fsp3) is 0.500. The van der Waals surface area contributed by atoms with Crippen LogP contribution in [0.2, 0.25) is 0 Å². The molecule has 0 aliphatic heterocycles. The van der Waals surface area contributed by atoms with Gasteiger partial charge in [-0.3, -0.25) is 4.57 Å². The predicted molar refractivity (Wildman–Crippen MR) is 46.3 cm³/mol. The molecule has 0 bridgehead atoms. The van der Waals surface area contributed by atoms with E-state index in [1.54, 1.807) is 18.5 Å². The number of nitrogens with two attached hydrogens (primary N) is 1. The summed E-state index contributed by atoms with van der Waals surface area (Å²) in [6, 6.07) is 2.09. The lowest BCUT2D eigenvalue weighted by Crippen LogP contribution is -2.00. The highest BCUT2D eigenvalue weighted by Gasteiger charge is 2.09. The van der Waals surface area contributed by atoms with Crippen LogP contribution in [0.3, 0.4) is 0 Å². The molecule has 0 saturated heterocycles. The van der Waals surface area contributed by atoms with Gasteiger partial charge in [-0.2, -0.15) is 5.26 Å². The van der Waals surface area contributed by atoms with Crippen molar-refractivity contribution in [2.75, 3.05) is 5.73 Å². The first kappa shape index (κ1) is 8.87. The van der Waals surface area contributed by atoms with E-state index in [0.29, 0.717) is 11.1 Å². The van der Waals surface area contributed by atoms with Crippen molar-refractivity contribution in [3.05, 3.63) is 0 Å². The Morgan fingerprint density at radius 1 is 1.67 bits per heavy atom. The van der Waals surface area contributed by atoms with Gasteiger partial charge in [0.1, 0.15) is 0 Å². The second kappa shape index (κ2) is 3.45. The third-order valence-electron chi connectivity index (χ3n) is 1.33. The van der Waals surface area contributed by atoms with Gasteiger partial charge < -0.3 is 5.73 Å². The molecule has 0 saturated carbocycles. The standard InChI is InChI=1S/C6H9N5S/c1-4(3-7)12-6-10-9-5(8)11(6)2/h4H,1-2H3,(H2,8,9).